The predicted molar refractivity (Wildman–Crippen MR) is 84.0 cm³/mol. The predicted octanol–water partition coefficient (Wildman–Crippen LogP) is 0.539. The number of benzene rings is 1. The highest BCUT2D eigenvalue weighted by atomic mass is 32.2. The maximum atomic E-state index is 12.2. The van der Waals surface area contributed by atoms with E-state index in [4.69, 9.17) is 10.8 Å². The molecule has 5 N–H and O–H groups in total. The normalized spacial score (nSPS) is 11.0. The first-order chi connectivity index (χ1) is 10.8. The summed E-state index contributed by atoms with van der Waals surface area (Å²) in [6, 6.07) is 5.34. The number of aromatic nitrogens is 1. The van der Waals surface area contributed by atoms with Gasteiger partial charge in [0.15, 0.2) is 5.69 Å². The molecule has 9 nitrogen and oxygen atoms in total. The van der Waals surface area contributed by atoms with Gasteiger partial charge >= 0.3 is 5.97 Å². The zero-order valence-corrected chi connectivity index (χ0v) is 13.1. The average Bonchev–Trinajstić information content (AvgIpc) is 2.95. The topological polar surface area (TPSA) is 151 Å². The summed E-state index contributed by atoms with van der Waals surface area (Å²) in [5.41, 5.74) is 6.41. The van der Waals surface area contributed by atoms with Crippen molar-refractivity contribution in [3.63, 3.8) is 0 Å². The van der Waals surface area contributed by atoms with Crippen LogP contribution in [-0.4, -0.2) is 36.9 Å². The number of carbonyl (C=O) groups is 2. The molecule has 122 valence electrons. The number of carboxylic acid groups (broad SMARTS) is 1. The van der Waals surface area contributed by atoms with Crippen LogP contribution >= 0.6 is 11.3 Å². The SMILES string of the molecule is NCC(=O)Nc1ccc(S(=O)(=O)Nc2scnc2C(=O)O)cc1. The molecule has 0 aliphatic carbocycles. The Morgan fingerprint density at radius 3 is 2.48 bits per heavy atom. The molecule has 0 bridgehead atoms. The zero-order valence-electron chi connectivity index (χ0n) is 11.5. The number of nitrogens with two attached hydrogens (primary N) is 1. The highest BCUT2D eigenvalue weighted by Crippen LogP contribution is 2.24. The lowest BCUT2D eigenvalue weighted by molar-refractivity contribution is -0.114. The van der Waals surface area contributed by atoms with Crippen LogP contribution in [0.2, 0.25) is 0 Å². The van der Waals surface area contributed by atoms with Crippen molar-refractivity contribution in [1.82, 2.24) is 4.98 Å². The number of anilines is 2. The highest BCUT2D eigenvalue weighted by Gasteiger charge is 2.20. The summed E-state index contributed by atoms with van der Waals surface area (Å²) in [5.74, 6) is -1.74. The Balaban J connectivity index is 2.21. The van der Waals surface area contributed by atoms with Gasteiger partial charge in [0.05, 0.1) is 17.0 Å². The quantitative estimate of drug-likeness (QED) is 0.589. The Kier molecular flexibility index (Phi) is 4.93. The molecular weight excluding hydrogens is 344 g/mol. The van der Waals surface area contributed by atoms with E-state index in [2.05, 4.69) is 15.0 Å². The first-order valence-electron chi connectivity index (χ1n) is 6.13. The van der Waals surface area contributed by atoms with Crippen LogP contribution in [0.15, 0.2) is 34.7 Å². The van der Waals surface area contributed by atoms with Gasteiger partial charge in [-0.05, 0) is 24.3 Å². The zero-order chi connectivity index (χ0) is 17.0. The van der Waals surface area contributed by atoms with E-state index < -0.39 is 21.9 Å². The highest BCUT2D eigenvalue weighted by molar-refractivity contribution is 7.93. The van der Waals surface area contributed by atoms with Crippen molar-refractivity contribution in [2.45, 2.75) is 4.90 Å². The largest absolute Gasteiger partial charge is 0.476 e. The number of nitrogens with one attached hydrogen (secondary N) is 2. The molecule has 0 saturated carbocycles. The van der Waals surface area contributed by atoms with Crippen molar-refractivity contribution < 1.29 is 23.1 Å². The summed E-state index contributed by atoms with van der Waals surface area (Å²) in [4.78, 5) is 25.6. The first kappa shape index (κ1) is 16.9. The molecule has 1 amide bonds. The van der Waals surface area contributed by atoms with E-state index in [1.54, 1.807) is 0 Å². The smallest absolute Gasteiger partial charge is 0.357 e. The molecule has 0 atom stereocenters. The van der Waals surface area contributed by atoms with Gasteiger partial charge < -0.3 is 16.2 Å². The van der Waals surface area contributed by atoms with Crippen LogP contribution in [0.4, 0.5) is 10.7 Å². The van der Waals surface area contributed by atoms with Gasteiger partial charge in [-0.25, -0.2) is 18.2 Å². The summed E-state index contributed by atoms with van der Waals surface area (Å²) in [6.07, 6.45) is 0. The first-order valence-corrected chi connectivity index (χ1v) is 8.49. The number of nitrogens with zero attached hydrogens (tertiary/aromatic N) is 1. The molecule has 11 heteroatoms. The fourth-order valence-electron chi connectivity index (χ4n) is 1.58. The molecule has 1 aromatic heterocycles. The Morgan fingerprint density at radius 1 is 1.26 bits per heavy atom. The summed E-state index contributed by atoms with van der Waals surface area (Å²) < 4.78 is 26.6. The monoisotopic (exact) mass is 356 g/mol. The van der Waals surface area contributed by atoms with Crippen LogP contribution in [0.3, 0.4) is 0 Å². The summed E-state index contributed by atoms with van der Waals surface area (Å²) in [6.45, 7) is -0.190. The van der Waals surface area contributed by atoms with Gasteiger partial charge in [-0.15, -0.1) is 11.3 Å². The molecule has 0 aliphatic heterocycles. The molecular formula is C12H12N4O5S2. The summed E-state index contributed by atoms with van der Waals surface area (Å²) in [5, 5.41) is 11.3. The second-order valence-electron chi connectivity index (χ2n) is 4.22. The molecule has 1 heterocycles. The third-order valence-corrected chi connectivity index (χ3v) is 4.87. The lowest BCUT2D eigenvalue weighted by Crippen LogP contribution is -2.21. The number of amides is 1. The number of hydrogen-bond donors (Lipinski definition) is 4. The van der Waals surface area contributed by atoms with Crippen molar-refractivity contribution in [3.8, 4) is 0 Å². The van der Waals surface area contributed by atoms with Crippen molar-refractivity contribution >= 4 is 43.9 Å². The minimum Gasteiger partial charge on any atom is -0.476 e. The van der Waals surface area contributed by atoms with Gasteiger partial charge in [-0.3, -0.25) is 9.52 Å². The minimum absolute atomic E-state index is 0.0852. The van der Waals surface area contributed by atoms with E-state index >= 15 is 0 Å². The number of aromatic carboxylic acids is 1. The molecule has 1 aromatic carbocycles. The van der Waals surface area contributed by atoms with E-state index in [1.807, 2.05) is 0 Å². The van der Waals surface area contributed by atoms with Crippen LogP contribution < -0.4 is 15.8 Å². The third kappa shape index (κ3) is 4.03. The fourth-order valence-corrected chi connectivity index (χ4v) is 3.57. The third-order valence-electron chi connectivity index (χ3n) is 2.63. The molecule has 0 radical (unpaired) electrons. The van der Waals surface area contributed by atoms with Crippen molar-refractivity contribution in [3.05, 3.63) is 35.5 Å². The molecule has 0 aliphatic rings. The minimum atomic E-state index is -3.97. The lowest BCUT2D eigenvalue weighted by atomic mass is 10.3. The van der Waals surface area contributed by atoms with Gasteiger partial charge in [0.1, 0.15) is 5.00 Å². The number of sulfonamides is 1. The molecule has 0 saturated heterocycles. The molecule has 0 spiro atoms. The van der Waals surface area contributed by atoms with Crippen molar-refractivity contribution in [2.24, 2.45) is 5.73 Å². The molecule has 0 fully saturated rings. The van der Waals surface area contributed by atoms with Gasteiger partial charge in [0.25, 0.3) is 10.0 Å². The average molecular weight is 356 g/mol. The Hall–Kier alpha value is -2.50. The maximum absolute atomic E-state index is 12.2. The Morgan fingerprint density at radius 2 is 1.91 bits per heavy atom. The molecule has 2 aromatic rings. The van der Waals surface area contributed by atoms with E-state index in [0.29, 0.717) is 5.69 Å². The van der Waals surface area contributed by atoms with Crippen LogP contribution in [0.1, 0.15) is 10.5 Å². The standard InChI is InChI=1S/C12H12N4O5S2/c13-5-9(17)15-7-1-3-8(4-2-7)23(20,21)16-11-10(12(18)19)14-6-22-11/h1-4,6,16H,5,13H2,(H,15,17)(H,18,19). The maximum Gasteiger partial charge on any atom is 0.357 e. The Bertz CT molecular complexity index is 829. The van der Waals surface area contributed by atoms with Crippen LogP contribution in [0.25, 0.3) is 0 Å². The molecule has 2 rings (SSSR count). The van der Waals surface area contributed by atoms with E-state index in [-0.39, 0.29) is 22.1 Å². The van der Waals surface area contributed by atoms with Crippen LogP contribution in [-0.2, 0) is 14.8 Å². The van der Waals surface area contributed by atoms with Crippen molar-refractivity contribution in [2.75, 3.05) is 16.6 Å². The lowest BCUT2D eigenvalue weighted by Gasteiger charge is -2.08. The Labute approximate surface area is 135 Å². The number of rotatable bonds is 6. The van der Waals surface area contributed by atoms with Gasteiger partial charge in [0, 0.05) is 5.69 Å². The summed E-state index contributed by atoms with van der Waals surface area (Å²) >= 11 is 0.861. The van der Waals surface area contributed by atoms with Gasteiger partial charge in [-0.2, -0.15) is 0 Å². The second-order valence-corrected chi connectivity index (χ2v) is 6.75. The molecule has 23 heavy (non-hydrogen) atoms. The fraction of sp³-hybridized carbons (Fsp3) is 0.0833. The number of hydrogen-bond acceptors (Lipinski definition) is 7. The van der Waals surface area contributed by atoms with Crippen molar-refractivity contribution in [1.29, 1.82) is 0 Å². The number of thiazole rings is 1. The van der Waals surface area contributed by atoms with Gasteiger partial charge in [0.2, 0.25) is 5.91 Å². The second kappa shape index (κ2) is 6.73. The summed E-state index contributed by atoms with van der Waals surface area (Å²) in [7, 11) is -3.97. The van der Waals surface area contributed by atoms with E-state index in [0.717, 1.165) is 11.3 Å². The van der Waals surface area contributed by atoms with E-state index in [9.17, 15) is 18.0 Å². The van der Waals surface area contributed by atoms with E-state index in [1.165, 1.54) is 29.8 Å². The van der Waals surface area contributed by atoms with Crippen LogP contribution in [0, 0.1) is 0 Å². The van der Waals surface area contributed by atoms with Crippen LogP contribution in [0.5, 0.6) is 0 Å². The molecule has 0 unspecified atom stereocenters. The van der Waals surface area contributed by atoms with Gasteiger partial charge in [-0.1, -0.05) is 0 Å². The number of carbonyl (C=O) groups excluding carboxylic acids is 1. The number of carboxylic acids is 1.